The van der Waals surface area contributed by atoms with Gasteiger partial charge in [-0.05, 0) is 25.6 Å². The summed E-state index contributed by atoms with van der Waals surface area (Å²) in [6, 6.07) is 1.12. The third-order valence-electron chi connectivity index (χ3n) is 1.93. The minimum absolute atomic E-state index is 0.323. The van der Waals surface area contributed by atoms with Crippen LogP contribution in [-0.2, 0) is 6.54 Å². The minimum Gasteiger partial charge on any atom is -0.505 e. The molecular formula is C9H11ClFNO. The topological polar surface area (TPSA) is 32.3 Å². The summed E-state index contributed by atoms with van der Waals surface area (Å²) in [5, 5.41) is 12.5. The highest BCUT2D eigenvalue weighted by Crippen LogP contribution is 2.30. The molecule has 0 saturated heterocycles. The Morgan fingerprint density at radius 3 is 2.77 bits per heavy atom. The van der Waals surface area contributed by atoms with Crippen LogP contribution >= 0.6 is 11.6 Å². The summed E-state index contributed by atoms with van der Waals surface area (Å²) in [7, 11) is 1.72. The van der Waals surface area contributed by atoms with Crippen molar-refractivity contribution in [2.75, 3.05) is 7.05 Å². The molecule has 0 aromatic heterocycles. The monoisotopic (exact) mass is 203 g/mol. The number of halogens is 2. The third-order valence-corrected chi connectivity index (χ3v) is 2.32. The lowest BCUT2D eigenvalue weighted by molar-refractivity contribution is 0.423. The van der Waals surface area contributed by atoms with Gasteiger partial charge in [0.2, 0.25) is 0 Å². The van der Waals surface area contributed by atoms with Crippen molar-refractivity contribution >= 4 is 11.6 Å². The zero-order chi connectivity index (χ0) is 10.0. The van der Waals surface area contributed by atoms with Gasteiger partial charge in [0.1, 0.15) is 0 Å². The van der Waals surface area contributed by atoms with Crippen molar-refractivity contribution in [3.63, 3.8) is 0 Å². The van der Waals surface area contributed by atoms with E-state index in [4.69, 9.17) is 11.6 Å². The van der Waals surface area contributed by atoms with Crippen LogP contribution in [0.2, 0.25) is 5.02 Å². The van der Waals surface area contributed by atoms with Crippen LogP contribution in [0.5, 0.6) is 5.75 Å². The molecule has 1 rings (SSSR count). The molecule has 0 fully saturated rings. The van der Waals surface area contributed by atoms with Gasteiger partial charge >= 0.3 is 0 Å². The molecule has 4 heteroatoms. The van der Waals surface area contributed by atoms with Gasteiger partial charge in [-0.3, -0.25) is 0 Å². The van der Waals surface area contributed by atoms with Crippen molar-refractivity contribution in [3.8, 4) is 5.75 Å². The zero-order valence-electron chi connectivity index (χ0n) is 7.49. The second-order valence-electron chi connectivity index (χ2n) is 2.82. The molecule has 72 valence electrons. The smallest absolute Gasteiger partial charge is 0.166 e. The summed E-state index contributed by atoms with van der Waals surface area (Å²) in [5.41, 5.74) is 1.21. The van der Waals surface area contributed by atoms with E-state index in [0.29, 0.717) is 22.7 Å². The fourth-order valence-corrected chi connectivity index (χ4v) is 1.36. The van der Waals surface area contributed by atoms with Crippen LogP contribution in [-0.4, -0.2) is 12.2 Å². The van der Waals surface area contributed by atoms with E-state index in [1.165, 1.54) is 0 Å². The fraction of sp³-hybridized carbons (Fsp3) is 0.333. The Hall–Kier alpha value is -0.800. The summed E-state index contributed by atoms with van der Waals surface area (Å²) in [6.45, 7) is 2.14. The Kier molecular flexibility index (Phi) is 3.12. The highest BCUT2D eigenvalue weighted by molar-refractivity contribution is 6.31. The molecule has 13 heavy (non-hydrogen) atoms. The van der Waals surface area contributed by atoms with Gasteiger partial charge in [0.15, 0.2) is 11.6 Å². The Morgan fingerprint density at radius 2 is 2.23 bits per heavy atom. The van der Waals surface area contributed by atoms with Crippen molar-refractivity contribution in [1.29, 1.82) is 0 Å². The molecule has 0 aliphatic heterocycles. The number of nitrogens with one attached hydrogen (secondary N) is 1. The Morgan fingerprint density at radius 1 is 1.62 bits per heavy atom. The second-order valence-corrected chi connectivity index (χ2v) is 3.23. The number of hydrogen-bond acceptors (Lipinski definition) is 2. The van der Waals surface area contributed by atoms with Crippen molar-refractivity contribution in [2.24, 2.45) is 0 Å². The molecule has 2 N–H and O–H groups in total. The van der Waals surface area contributed by atoms with E-state index in [9.17, 15) is 9.50 Å². The lowest BCUT2D eigenvalue weighted by Crippen LogP contribution is -2.07. The van der Waals surface area contributed by atoms with Crippen LogP contribution in [0.15, 0.2) is 6.07 Å². The summed E-state index contributed by atoms with van der Waals surface area (Å²) < 4.78 is 13.0. The largest absolute Gasteiger partial charge is 0.505 e. The predicted octanol–water partition coefficient (Wildman–Crippen LogP) is 2.21. The maximum absolute atomic E-state index is 13.0. The van der Waals surface area contributed by atoms with Crippen LogP contribution in [0.4, 0.5) is 4.39 Å². The Labute approximate surface area is 81.3 Å². The first-order valence-electron chi connectivity index (χ1n) is 3.89. The normalized spacial score (nSPS) is 10.5. The molecule has 0 atom stereocenters. The minimum atomic E-state index is -0.680. The lowest BCUT2D eigenvalue weighted by atomic mass is 10.1. The standard InChI is InChI=1S/C9H11ClFNO/c1-5-6(4-12-2)9(13)8(11)3-7(5)10/h3,12-13H,4H2,1-2H3. The molecule has 0 unspecified atom stereocenters. The van der Waals surface area contributed by atoms with Gasteiger partial charge in [-0.1, -0.05) is 11.6 Å². The number of phenolic OH excluding ortho intramolecular Hbond substituents is 1. The average Bonchev–Trinajstić information content (AvgIpc) is 2.09. The Balaban J connectivity index is 3.28. The molecule has 0 aliphatic carbocycles. The first-order valence-corrected chi connectivity index (χ1v) is 4.26. The average molecular weight is 204 g/mol. The van der Waals surface area contributed by atoms with E-state index < -0.39 is 5.82 Å². The SMILES string of the molecule is CNCc1c(C)c(Cl)cc(F)c1O. The molecular weight excluding hydrogens is 193 g/mol. The predicted molar refractivity (Wildman–Crippen MR) is 50.6 cm³/mol. The summed E-state index contributed by atoms with van der Waals surface area (Å²) in [6.07, 6.45) is 0. The van der Waals surface area contributed by atoms with Gasteiger partial charge < -0.3 is 10.4 Å². The highest BCUT2D eigenvalue weighted by atomic mass is 35.5. The van der Waals surface area contributed by atoms with Crippen molar-refractivity contribution < 1.29 is 9.50 Å². The van der Waals surface area contributed by atoms with Crippen LogP contribution in [0.25, 0.3) is 0 Å². The molecule has 0 spiro atoms. The van der Waals surface area contributed by atoms with Crippen molar-refractivity contribution in [3.05, 3.63) is 28.0 Å². The highest BCUT2D eigenvalue weighted by Gasteiger charge is 2.12. The quantitative estimate of drug-likeness (QED) is 0.773. The first-order chi connectivity index (χ1) is 6.07. The molecule has 0 aliphatic rings. The van der Waals surface area contributed by atoms with Crippen LogP contribution in [0, 0.1) is 12.7 Å². The number of aromatic hydroxyl groups is 1. The van der Waals surface area contributed by atoms with Gasteiger partial charge in [0, 0.05) is 17.1 Å². The van der Waals surface area contributed by atoms with E-state index in [1.807, 2.05) is 0 Å². The Bertz CT molecular complexity index is 302. The zero-order valence-corrected chi connectivity index (χ0v) is 8.24. The number of hydrogen-bond donors (Lipinski definition) is 2. The van der Waals surface area contributed by atoms with Crippen LogP contribution < -0.4 is 5.32 Å². The third kappa shape index (κ3) is 1.92. The second kappa shape index (κ2) is 3.94. The van der Waals surface area contributed by atoms with Crippen molar-refractivity contribution in [1.82, 2.24) is 5.32 Å². The summed E-state index contributed by atoms with van der Waals surface area (Å²) >= 11 is 5.75. The van der Waals surface area contributed by atoms with Crippen molar-refractivity contribution in [2.45, 2.75) is 13.5 Å². The first kappa shape index (κ1) is 10.3. The molecule has 1 aromatic carbocycles. The van der Waals surface area contributed by atoms with E-state index >= 15 is 0 Å². The van der Waals surface area contributed by atoms with Gasteiger partial charge in [-0.25, -0.2) is 4.39 Å². The molecule has 0 saturated carbocycles. The van der Waals surface area contributed by atoms with Gasteiger partial charge in [-0.2, -0.15) is 0 Å². The van der Waals surface area contributed by atoms with E-state index in [0.717, 1.165) is 6.07 Å². The lowest BCUT2D eigenvalue weighted by Gasteiger charge is -2.10. The summed E-state index contributed by atoms with van der Waals surface area (Å²) in [5.74, 6) is -1.00. The maximum Gasteiger partial charge on any atom is 0.166 e. The van der Waals surface area contributed by atoms with Gasteiger partial charge in [0.05, 0.1) is 0 Å². The molecule has 0 heterocycles. The van der Waals surface area contributed by atoms with Gasteiger partial charge in [-0.15, -0.1) is 0 Å². The molecule has 0 bridgehead atoms. The van der Waals surface area contributed by atoms with Crippen LogP contribution in [0.3, 0.4) is 0 Å². The summed E-state index contributed by atoms with van der Waals surface area (Å²) in [4.78, 5) is 0. The van der Waals surface area contributed by atoms with Crippen LogP contribution in [0.1, 0.15) is 11.1 Å². The van der Waals surface area contributed by atoms with E-state index in [2.05, 4.69) is 5.32 Å². The maximum atomic E-state index is 13.0. The number of rotatable bonds is 2. The molecule has 0 amide bonds. The molecule has 2 nitrogen and oxygen atoms in total. The van der Waals surface area contributed by atoms with E-state index in [-0.39, 0.29) is 5.75 Å². The molecule has 0 radical (unpaired) electrons. The number of phenols is 1. The number of benzene rings is 1. The molecule has 1 aromatic rings. The van der Waals surface area contributed by atoms with Gasteiger partial charge in [0.25, 0.3) is 0 Å². The fourth-order valence-electron chi connectivity index (χ4n) is 1.15. The van der Waals surface area contributed by atoms with E-state index in [1.54, 1.807) is 14.0 Å².